The number of fused-ring (bicyclic) bond motifs is 1. The maximum Gasteiger partial charge on any atom is 0.220 e. The van der Waals surface area contributed by atoms with Gasteiger partial charge in [0.25, 0.3) is 0 Å². The molecule has 1 N–H and O–H groups in total. The standard InChI is InChI=1S/C27H28ClN3O/c1-17(2)29-26(32)14-12-24-27(20-7-5-18(3)6-8-20)30-25-13-9-21(16-31(24)25)23-11-10-22(28)15-19(23)4/h5-11,13,15-17H,12,14H2,1-4H3,(H,29,32). The Morgan fingerprint density at radius 2 is 1.75 bits per heavy atom. The number of aryl methyl sites for hydroxylation is 3. The molecular weight excluding hydrogens is 418 g/mol. The highest BCUT2D eigenvalue weighted by Crippen LogP contribution is 2.30. The number of carbonyl (C=O) groups is 1. The van der Waals surface area contributed by atoms with Crippen LogP contribution >= 0.6 is 11.6 Å². The highest BCUT2D eigenvalue weighted by Gasteiger charge is 2.17. The van der Waals surface area contributed by atoms with Crippen molar-refractivity contribution in [3.63, 3.8) is 0 Å². The van der Waals surface area contributed by atoms with Crippen molar-refractivity contribution in [3.8, 4) is 22.4 Å². The summed E-state index contributed by atoms with van der Waals surface area (Å²) in [5.74, 6) is 0.0505. The summed E-state index contributed by atoms with van der Waals surface area (Å²) in [5, 5.41) is 3.72. The summed E-state index contributed by atoms with van der Waals surface area (Å²) in [5.41, 5.74) is 8.43. The zero-order chi connectivity index (χ0) is 22.8. The summed E-state index contributed by atoms with van der Waals surface area (Å²) in [6, 6.07) is 18.6. The van der Waals surface area contributed by atoms with E-state index in [1.165, 1.54) is 5.56 Å². The lowest BCUT2D eigenvalue weighted by Crippen LogP contribution is -2.30. The Balaban J connectivity index is 1.81. The number of halogens is 1. The minimum absolute atomic E-state index is 0.0505. The van der Waals surface area contributed by atoms with Crippen LogP contribution in [0.5, 0.6) is 0 Å². The van der Waals surface area contributed by atoms with Crippen molar-refractivity contribution in [3.05, 3.63) is 82.6 Å². The molecule has 4 aromatic rings. The topological polar surface area (TPSA) is 46.4 Å². The molecule has 164 valence electrons. The van der Waals surface area contributed by atoms with Gasteiger partial charge in [0.15, 0.2) is 0 Å². The van der Waals surface area contributed by atoms with Gasteiger partial charge in [-0.25, -0.2) is 4.98 Å². The van der Waals surface area contributed by atoms with Gasteiger partial charge in [-0.2, -0.15) is 0 Å². The molecule has 2 heterocycles. The fourth-order valence-corrected chi connectivity index (χ4v) is 4.24. The molecule has 1 amide bonds. The SMILES string of the molecule is Cc1ccc(-c2nc3ccc(-c4ccc(Cl)cc4C)cn3c2CCC(=O)NC(C)C)cc1. The van der Waals surface area contributed by atoms with E-state index >= 15 is 0 Å². The maximum atomic E-state index is 12.4. The van der Waals surface area contributed by atoms with Crippen LogP contribution in [0, 0.1) is 13.8 Å². The van der Waals surface area contributed by atoms with Crippen molar-refractivity contribution in [1.29, 1.82) is 0 Å². The summed E-state index contributed by atoms with van der Waals surface area (Å²) in [6.45, 7) is 8.09. The lowest BCUT2D eigenvalue weighted by Gasteiger charge is -2.11. The Morgan fingerprint density at radius 1 is 1.03 bits per heavy atom. The van der Waals surface area contributed by atoms with E-state index in [1.807, 2.05) is 38.1 Å². The third-order valence-corrected chi connectivity index (χ3v) is 5.82. The molecule has 0 atom stereocenters. The lowest BCUT2D eigenvalue weighted by molar-refractivity contribution is -0.121. The zero-order valence-electron chi connectivity index (χ0n) is 18.9. The number of imidazole rings is 1. The summed E-state index contributed by atoms with van der Waals surface area (Å²) in [4.78, 5) is 17.3. The number of pyridine rings is 1. The van der Waals surface area contributed by atoms with Crippen LogP contribution in [0.25, 0.3) is 28.0 Å². The number of carbonyl (C=O) groups excluding carboxylic acids is 1. The first-order valence-corrected chi connectivity index (χ1v) is 11.3. The predicted molar refractivity (Wildman–Crippen MR) is 132 cm³/mol. The van der Waals surface area contributed by atoms with Crippen molar-refractivity contribution >= 4 is 23.2 Å². The van der Waals surface area contributed by atoms with Crippen molar-refractivity contribution in [2.75, 3.05) is 0 Å². The summed E-state index contributed by atoms with van der Waals surface area (Å²) >= 11 is 6.16. The first kappa shape index (κ1) is 22.1. The number of benzene rings is 2. The molecule has 2 aromatic heterocycles. The first-order valence-electron chi connectivity index (χ1n) is 11.0. The van der Waals surface area contributed by atoms with Crippen LogP contribution < -0.4 is 5.32 Å². The largest absolute Gasteiger partial charge is 0.354 e. The van der Waals surface area contributed by atoms with Gasteiger partial charge in [-0.05, 0) is 75.1 Å². The zero-order valence-corrected chi connectivity index (χ0v) is 19.7. The number of nitrogens with one attached hydrogen (secondary N) is 1. The Hall–Kier alpha value is -3.11. The first-order chi connectivity index (χ1) is 15.3. The van der Waals surface area contributed by atoms with Crippen LogP contribution in [0.1, 0.15) is 37.1 Å². The highest BCUT2D eigenvalue weighted by atomic mass is 35.5. The fourth-order valence-electron chi connectivity index (χ4n) is 4.01. The summed E-state index contributed by atoms with van der Waals surface area (Å²) < 4.78 is 2.13. The van der Waals surface area contributed by atoms with Crippen LogP contribution in [-0.2, 0) is 11.2 Å². The molecule has 0 radical (unpaired) electrons. The number of rotatable bonds is 6. The van der Waals surface area contributed by atoms with Crippen LogP contribution in [0.2, 0.25) is 5.02 Å². The van der Waals surface area contributed by atoms with E-state index in [2.05, 4.69) is 60.1 Å². The predicted octanol–water partition coefficient (Wildman–Crippen LogP) is 6.40. The second-order valence-electron chi connectivity index (χ2n) is 8.60. The van der Waals surface area contributed by atoms with Crippen LogP contribution in [0.15, 0.2) is 60.8 Å². The van der Waals surface area contributed by atoms with Gasteiger partial charge < -0.3 is 9.72 Å². The van der Waals surface area contributed by atoms with E-state index in [4.69, 9.17) is 16.6 Å². The monoisotopic (exact) mass is 445 g/mol. The Kier molecular flexibility index (Phi) is 6.33. The molecule has 0 aliphatic rings. The van der Waals surface area contributed by atoms with E-state index in [0.29, 0.717) is 12.8 Å². The number of hydrogen-bond acceptors (Lipinski definition) is 2. The molecule has 2 aromatic carbocycles. The molecule has 5 heteroatoms. The normalized spacial score (nSPS) is 11.3. The van der Waals surface area contributed by atoms with Gasteiger partial charge in [0.05, 0.1) is 11.4 Å². The molecule has 4 nitrogen and oxygen atoms in total. The molecular formula is C27H28ClN3O. The summed E-state index contributed by atoms with van der Waals surface area (Å²) in [6.07, 6.45) is 3.13. The molecule has 0 unspecified atom stereocenters. The molecule has 0 saturated carbocycles. The Bertz CT molecular complexity index is 1270. The van der Waals surface area contributed by atoms with Crippen molar-refractivity contribution in [2.24, 2.45) is 0 Å². The van der Waals surface area contributed by atoms with Gasteiger partial charge >= 0.3 is 0 Å². The molecule has 0 bridgehead atoms. The molecule has 4 rings (SSSR count). The number of hydrogen-bond donors (Lipinski definition) is 1. The number of nitrogens with zero attached hydrogens (tertiary/aromatic N) is 2. The quantitative estimate of drug-likeness (QED) is 0.373. The third-order valence-electron chi connectivity index (χ3n) is 5.58. The second kappa shape index (κ2) is 9.17. The molecule has 0 saturated heterocycles. The molecule has 32 heavy (non-hydrogen) atoms. The highest BCUT2D eigenvalue weighted by molar-refractivity contribution is 6.30. The minimum Gasteiger partial charge on any atom is -0.354 e. The van der Waals surface area contributed by atoms with Gasteiger partial charge in [-0.1, -0.05) is 47.5 Å². The molecule has 0 aliphatic heterocycles. The summed E-state index contributed by atoms with van der Waals surface area (Å²) in [7, 11) is 0. The second-order valence-corrected chi connectivity index (χ2v) is 9.04. The van der Waals surface area contributed by atoms with Crippen molar-refractivity contribution in [1.82, 2.24) is 14.7 Å². The average molecular weight is 446 g/mol. The van der Waals surface area contributed by atoms with E-state index in [9.17, 15) is 4.79 Å². The third kappa shape index (κ3) is 4.71. The van der Waals surface area contributed by atoms with Crippen LogP contribution in [0.3, 0.4) is 0 Å². The van der Waals surface area contributed by atoms with E-state index < -0.39 is 0 Å². The molecule has 0 spiro atoms. The molecule has 0 aliphatic carbocycles. The number of aromatic nitrogens is 2. The van der Waals surface area contributed by atoms with Crippen molar-refractivity contribution in [2.45, 2.75) is 46.6 Å². The van der Waals surface area contributed by atoms with E-state index in [1.54, 1.807) is 0 Å². The van der Waals surface area contributed by atoms with Gasteiger partial charge in [-0.15, -0.1) is 0 Å². The van der Waals surface area contributed by atoms with Crippen molar-refractivity contribution < 1.29 is 4.79 Å². The van der Waals surface area contributed by atoms with E-state index in [0.717, 1.165) is 44.3 Å². The van der Waals surface area contributed by atoms with Gasteiger partial charge in [0.2, 0.25) is 5.91 Å². The number of amides is 1. The van der Waals surface area contributed by atoms with Gasteiger partial charge in [-0.3, -0.25) is 4.79 Å². The van der Waals surface area contributed by atoms with Gasteiger partial charge in [0.1, 0.15) is 5.65 Å². The van der Waals surface area contributed by atoms with Gasteiger partial charge in [0, 0.05) is 29.2 Å². The minimum atomic E-state index is 0.0505. The Morgan fingerprint density at radius 3 is 2.44 bits per heavy atom. The van der Waals surface area contributed by atoms with Crippen LogP contribution in [-0.4, -0.2) is 21.3 Å². The maximum absolute atomic E-state index is 12.4. The van der Waals surface area contributed by atoms with E-state index in [-0.39, 0.29) is 11.9 Å². The fraction of sp³-hybridized carbons (Fsp3) is 0.259. The smallest absolute Gasteiger partial charge is 0.220 e. The molecule has 0 fully saturated rings. The Labute approximate surface area is 194 Å². The average Bonchev–Trinajstić information content (AvgIpc) is 3.10. The van der Waals surface area contributed by atoms with Crippen LogP contribution in [0.4, 0.5) is 0 Å². The lowest BCUT2D eigenvalue weighted by atomic mass is 10.0.